The summed E-state index contributed by atoms with van der Waals surface area (Å²) in [6, 6.07) is 8.15. The molecule has 1 amide bonds. The Hall–Kier alpha value is -1.55. The van der Waals surface area contributed by atoms with Crippen LogP contribution in [0.5, 0.6) is 5.75 Å². The first kappa shape index (κ1) is 13.9. The van der Waals surface area contributed by atoms with Crippen molar-refractivity contribution in [3.8, 4) is 5.75 Å². The highest BCUT2D eigenvalue weighted by Crippen LogP contribution is 2.41. The van der Waals surface area contributed by atoms with Gasteiger partial charge in [-0.3, -0.25) is 10.1 Å². The third kappa shape index (κ3) is 3.47. The molecule has 1 fully saturated rings. The van der Waals surface area contributed by atoms with Gasteiger partial charge in [0.15, 0.2) is 0 Å². The van der Waals surface area contributed by atoms with E-state index >= 15 is 0 Å². The Morgan fingerprint density at radius 3 is 2.42 bits per heavy atom. The molecule has 2 unspecified atom stereocenters. The van der Waals surface area contributed by atoms with Crippen molar-refractivity contribution in [1.82, 2.24) is 10.6 Å². The van der Waals surface area contributed by atoms with Gasteiger partial charge in [-0.25, -0.2) is 0 Å². The van der Waals surface area contributed by atoms with Crippen LogP contribution in [0.15, 0.2) is 24.3 Å². The third-order valence-electron chi connectivity index (χ3n) is 3.64. The van der Waals surface area contributed by atoms with E-state index in [2.05, 4.69) is 22.8 Å². The smallest absolute Gasteiger partial charge is 0.236 e. The minimum Gasteiger partial charge on any atom is -0.497 e. The van der Waals surface area contributed by atoms with E-state index in [1.54, 1.807) is 14.2 Å². The van der Waals surface area contributed by atoms with Crippen LogP contribution in [-0.4, -0.2) is 26.1 Å². The third-order valence-corrected chi connectivity index (χ3v) is 3.64. The fourth-order valence-electron chi connectivity index (χ4n) is 2.31. The number of hydrogen-bond acceptors (Lipinski definition) is 3. The lowest BCUT2D eigenvalue weighted by Gasteiger charge is -2.23. The van der Waals surface area contributed by atoms with Crippen LogP contribution in [0.4, 0.5) is 0 Å². The van der Waals surface area contributed by atoms with Gasteiger partial charge in [0.1, 0.15) is 5.75 Å². The molecule has 2 atom stereocenters. The molecule has 0 radical (unpaired) electrons. The van der Waals surface area contributed by atoms with E-state index in [4.69, 9.17) is 4.74 Å². The first-order valence-corrected chi connectivity index (χ1v) is 6.77. The van der Waals surface area contributed by atoms with Gasteiger partial charge in [0.25, 0.3) is 0 Å². The lowest BCUT2D eigenvalue weighted by Crippen LogP contribution is -2.42. The summed E-state index contributed by atoms with van der Waals surface area (Å²) in [4.78, 5) is 11.6. The zero-order valence-electron chi connectivity index (χ0n) is 11.8. The van der Waals surface area contributed by atoms with Crippen molar-refractivity contribution < 1.29 is 9.53 Å². The first-order chi connectivity index (χ1) is 9.15. The molecule has 4 nitrogen and oxygen atoms in total. The van der Waals surface area contributed by atoms with E-state index in [-0.39, 0.29) is 18.0 Å². The van der Waals surface area contributed by atoms with Crippen molar-refractivity contribution >= 4 is 5.91 Å². The zero-order valence-corrected chi connectivity index (χ0v) is 11.8. The Kier molecular flexibility index (Phi) is 4.43. The second-order valence-electron chi connectivity index (χ2n) is 5.09. The molecule has 1 aromatic rings. The van der Waals surface area contributed by atoms with E-state index in [0.29, 0.717) is 5.92 Å². The second-order valence-corrected chi connectivity index (χ2v) is 5.09. The van der Waals surface area contributed by atoms with Gasteiger partial charge in [-0.05, 0) is 43.4 Å². The molecular weight excluding hydrogens is 240 g/mol. The zero-order chi connectivity index (χ0) is 13.8. The number of methoxy groups -OCH3 is 1. The molecule has 2 rings (SSSR count). The van der Waals surface area contributed by atoms with Crippen LogP contribution in [0.1, 0.15) is 31.4 Å². The molecule has 1 aromatic carbocycles. The lowest BCUT2D eigenvalue weighted by atomic mass is 10.0. The van der Waals surface area contributed by atoms with Gasteiger partial charge in [-0.2, -0.15) is 0 Å². The monoisotopic (exact) mass is 262 g/mol. The molecule has 2 N–H and O–H groups in total. The average Bonchev–Trinajstić information content (AvgIpc) is 3.28. The van der Waals surface area contributed by atoms with Gasteiger partial charge < -0.3 is 10.1 Å². The molecule has 1 aliphatic rings. The summed E-state index contributed by atoms with van der Waals surface area (Å²) in [5, 5.41) is 6.11. The molecular formula is C15H22N2O2. The summed E-state index contributed by atoms with van der Waals surface area (Å²) in [5.41, 5.74) is 1.22. The maximum Gasteiger partial charge on any atom is 0.236 e. The SMILES string of the molecule is CNC(=O)C(C)NC(c1ccc(OC)cc1)C1CC1. The average molecular weight is 262 g/mol. The summed E-state index contributed by atoms with van der Waals surface area (Å²) in [5.74, 6) is 1.53. The van der Waals surface area contributed by atoms with Gasteiger partial charge in [-0.1, -0.05) is 12.1 Å². The van der Waals surface area contributed by atoms with Gasteiger partial charge in [0.05, 0.1) is 13.2 Å². The summed E-state index contributed by atoms with van der Waals surface area (Å²) < 4.78 is 5.18. The van der Waals surface area contributed by atoms with Crippen molar-refractivity contribution in [3.63, 3.8) is 0 Å². The Bertz CT molecular complexity index is 426. The number of likely N-dealkylation sites (N-methyl/N-ethyl adjacent to an activating group) is 1. The number of ether oxygens (including phenoxy) is 1. The number of carbonyl (C=O) groups is 1. The predicted molar refractivity (Wildman–Crippen MR) is 75.1 cm³/mol. The highest BCUT2D eigenvalue weighted by atomic mass is 16.5. The van der Waals surface area contributed by atoms with Crippen molar-refractivity contribution in [2.24, 2.45) is 5.92 Å². The van der Waals surface area contributed by atoms with E-state index < -0.39 is 0 Å². The molecule has 0 saturated heterocycles. The van der Waals surface area contributed by atoms with Crippen molar-refractivity contribution in [2.75, 3.05) is 14.2 Å². The van der Waals surface area contributed by atoms with E-state index in [9.17, 15) is 4.79 Å². The first-order valence-electron chi connectivity index (χ1n) is 6.77. The summed E-state index contributed by atoms with van der Waals surface area (Å²) in [6.45, 7) is 1.90. The summed E-state index contributed by atoms with van der Waals surface area (Å²) in [6.07, 6.45) is 2.45. The molecule has 0 heterocycles. The molecule has 4 heteroatoms. The molecule has 0 bridgehead atoms. The molecule has 0 aliphatic heterocycles. The van der Waals surface area contributed by atoms with Crippen molar-refractivity contribution in [2.45, 2.75) is 31.8 Å². The Morgan fingerprint density at radius 2 is 1.95 bits per heavy atom. The molecule has 1 saturated carbocycles. The number of carbonyl (C=O) groups excluding carboxylic acids is 1. The lowest BCUT2D eigenvalue weighted by molar-refractivity contribution is -0.122. The minimum absolute atomic E-state index is 0.0270. The van der Waals surface area contributed by atoms with Crippen LogP contribution in [0, 0.1) is 5.92 Å². The number of benzene rings is 1. The van der Waals surface area contributed by atoms with Gasteiger partial charge in [0, 0.05) is 13.1 Å². The van der Waals surface area contributed by atoms with E-state index in [0.717, 1.165) is 5.75 Å². The van der Waals surface area contributed by atoms with Crippen LogP contribution in [0.3, 0.4) is 0 Å². The number of amides is 1. The normalized spacial score (nSPS) is 17.6. The number of nitrogens with one attached hydrogen (secondary N) is 2. The van der Waals surface area contributed by atoms with Crippen LogP contribution in [-0.2, 0) is 4.79 Å². The Labute approximate surface area is 114 Å². The standard InChI is InChI=1S/C15H22N2O2/c1-10(15(18)16-2)17-14(11-4-5-11)12-6-8-13(19-3)9-7-12/h6-11,14,17H,4-5H2,1-3H3,(H,16,18). The quantitative estimate of drug-likeness (QED) is 0.823. The number of hydrogen-bond donors (Lipinski definition) is 2. The molecule has 0 spiro atoms. The summed E-state index contributed by atoms with van der Waals surface area (Å²) >= 11 is 0. The fourth-order valence-corrected chi connectivity index (χ4v) is 2.31. The minimum atomic E-state index is -0.183. The van der Waals surface area contributed by atoms with E-state index in [1.165, 1.54) is 18.4 Å². The highest BCUT2D eigenvalue weighted by Gasteiger charge is 2.33. The molecule has 1 aliphatic carbocycles. The van der Waals surface area contributed by atoms with Crippen LogP contribution in [0.25, 0.3) is 0 Å². The maximum absolute atomic E-state index is 11.6. The Morgan fingerprint density at radius 1 is 1.32 bits per heavy atom. The maximum atomic E-state index is 11.6. The predicted octanol–water partition coefficient (Wildman–Crippen LogP) is 1.87. The Balaban J connectivity index is 2.08. The van der Waals surface area contributed by atoms with Crippen LogP contribution < -0.4 is 15.4 Å². The van der Waals surface area contributed by atoms with Gasteiger partial charge in [-0.15, -0.1) is 0 Å². The number of rotatable bonds is 6. The van der Waals surface area contributed by atoms with Gasteiger partial charge in [0.2, 0.25) is 5.91 Å². The highest BCUT2D eigenvalue weighted by molar-refractivity contribution is 5.81. The van der Waals surface area contributed by atoms with Gasteiger partial charge >= 0.3 is 0 Å². The van der Waals surface area contributed by atoms with Crippen molar-refractivity contribution in [1.29, 1.82) is 0 Å². The summed E-state index contributed by atoms with van der Waals surface area (Å²) in [7, 11) is 3.33. The molecule has 0 aromatic heterocycles. The topological polar surface area (TPSA) is 50.4 Å². The fraction of sp³-hybridized carbons (Fsp3) is 0.533. The molecule has 104 valence electrons. The van der Waals surface area contributed by atoms with Crippen LogP contribution in [0.2, 0.25) is 0 Å². The van der Waals surface area contributed by atoms with Crippen LogP contribution >= 0.6 is 0 Å². The largest absolute Gasteiger partial charge is 0.497 e. The molecule has 19 heavy (non-hydrogen) atoms. The van der Waals surface area contributed by atoms with E-state index in [1.807, 2.05) is 19.1 Å². The van der Waals surface area contributed by atoms with Crippen molar-refractivity contribution in [3.05, 3.63) is 29.8 Å². The second kappa shape index (κ2) is 6.06.